The molecule has 0 saturated heterocycles. The SMILES string of the molecule is NN/C(C(=O)O)=C(\N)OC1Cc2cc(F)c(F)cc2C1. The normalized spacial score (nSPS) is 15.6. The highest BCUT2D eigenvalue weighted by Crippen LogP contribution is 2.27. The fraction of sp³-hybridized carbons (Fsp3) is 0.250. The molecule has 0 atom stereocenters. The molecule has 0 fully saturated rings. The van der Waals surface area contributed by atoms with Gasteiger partial charge >= 0.3 is 5.97 Å². The summed E-state index contributed by atoms with van der Waals surface area (Å²) in [6.45, 7) is 0. The number of carbonyl (C=O) groups is 1. The molecule has 1 aromatic rings. The molecule has 108 valence electrons. The van der Waals surface area contributed by atoms with Crippen molar-refractivity contribution in [2.24, 2.45) is 11.6 Å². The van der Waals surface area contributed by atoms with E-state index in [4.69, 9.17) is 21.4 Å². The summed E-state index contributed by atoms with van der Waals surface area (Å²) in [7, 11) is 0. The minimum absolute atomic E-state index is 0.310. The molecule has 0 saturated carbocycles. The van der Waals surface area contributed by atoms with Gasteiger partial charge < -0.3 is 21.0 Å². The molecule has 1 aliphatic rings. The summed E-state index contributed by atoms with van der Waals surface area (Å²) in [6, 6.07) is 2.21. The van der Waals surface area contributed by atoms with Gasteiger partial charge in [0, 0.05) is 12.8 Å². The van der Waals surface area contributed by atoms with Crippen molar-refractivity contribution < 1.29 is 23.4 Å². The largest absolute Gasteiger partial charge is 0.476 e. The van der Waals surface area contributed by atoms with Gasteiger partial charge in [-0.1, -0.05) is 0 Å². The van der Waals surface area contributed by atoms with Crippen molar-refractivity contribution in [1.29, 1.82) is 0 Å². The van der Waals surface area contributed by atoms with Crippen molar-refractivity contribution in [3.05, 3.63) is 46.5 Å². The number of benzene rings is 1. The number of halogens is 2. The van der Waals surface area contributed by atoms with Crippen LogP contribution < -0.4 is 17.0 Å². The Kier molecular flexibility index (Phi) is 3.75. The summed E-state index contributed by atoms with van der Waals surface area (Å²) in [4.78, 5) is 10.8. The Hall–Kier alpha value is -2.35. The fourth-order valence-corrected chi connectivity index (χ4v) is 2.13. The van der Waals surface area contributed by atoms with Gasteiger partial charge in [0.25, 0.3) is 0 Å². The number of carboxylic acids is 1. The Balaban J connectivity index is 2.14. The minimum Gasteiger partial charge on any atom is -0.476 e. The van der Waals surface area contributed by atoms with Crippen molar-refractivity contribution >= 4 is 5.97 Å². The Morgan fingerprint density at radius 2 is 1.80 bits per heavy atom. The third-order valence-electron chi connectivity index (χ3n) is 3.04. The first-order valence-corrected chi connectivity index (χ1v) is 5.75. The Bertz CT molecular complexity index is 559. The van der Waals surface area contributed by atoms with E-state index in [2.05, 4.69) is 0 Å². The van der Waals surface area contributed by atoms with Gasteiger partial charge in [0.2, 0.25) is 5.88 Å². The first-order valence-electron chi connectivity index (χ1n) is 5.75. The number of hydrogen-bond donors (Lipinski definition) is 4. The monoisotopic (exact) mass is 285 g/mol. The smallest absolute Gasteiger partial charge is 0.358 e. The molecule has 0 aromatic heterocycles. The molecule has 8 heteroatoms. The van der Waals surface area contributed by atoms with Crippen LogP contribution >= 0.6 is 0 Å². The maximum absolute atomic E-state index is 13.1. The third kappa shape index (κ3) is 2.64. The lowest BCUT2D eigenvalue weighted by Crippen LogP contribution is -2.32. The number of rotatable bonds is 4. The third-order valence-corrected chi connectivity index (χ3v) is 3.04. The zero-order valence-electron chi connectivity index (χ0n) is 10.3. The molecule has 1 aliphatic carbocycles. The summed E-state index contributed by atoms with van der Waals surface area (Å²) in [5.74, 6) is 1.43. The molecule has 1 aromatic carbocycles. The van der Waals surface area contributed by atoms with Gasteiger partial charge in [-0.2, -0.15) is 0 Å². The molecule has 6 N–H and O–H groups in total. The van der Waals surface area contributed by atoms with Crippen LogP contribution in [0.15, 0.2) is 23.7 Å². The summed E-state index contributed by atoms with van der Waals surface area (Å²) in [6.07, 6.45) is 0.129. The number of aliphatic carboxylic acids is 1. The number of hydrogen-bond acceptors (Lipinski definition) is 5. The van der Waals surface area contributed by atoms with E-state index >= 15 is 0 Å². The van der Waals surface area contributed by atoms with Crippen LogP contribution in [0.2, 0.25) is 0 Å². The highest BCUT2D eigenvalue weighted by molar-refractivity contribution is 5.86. The van der Waals surface area contributed by atoms with E-state index in [1.54, 1.807) is 0 Å². The summed E-state index contributed by atoms with van der Waals surface area (Å²) in [5.41, 5.74) is 8.16. The molecule has 0 heterocycles. The quantitative estimate of drug-likeness (QED) is 0.271. The number of nitrogens with two attached hydrogens (primary N) is 2. The lowest BCUT2D eigenvalue weighted by Gasteiger charge is -2.14. The molecule has 6 nitrogen and oxygen atoms in total. The fourth-order valence-electron chi connectivity index (χ4n) is 2.13. The maximum atomic E-state index is 13.1. The predicted octanol–water partition coefficient (Wildman–Crippen LogP) is 0.124. The Morgan fingerprint density at radius 1 is 1.30 bits per heavy atom. The van der Waals surface area contributed by atoms with Crippen LogP contribution in [0.5, 0.6) is 0 Å². The number of hydrazine groups is 1. The first-order chi connectivity index (χ1) is 9.42. The average Bonchev–Trinajstić information content (AvgIpc) is 2.71. The molecule has 0 aliphatic heterocycles. The van der Waals surface area contributed by atoms with E-state index in [-0.39, 0.29) is 5.88 Å². The topological polar surface area (TPSA) is 111 Å². The van der Waals surface area contributed by atoms with Crippen molar-refractivity contribution in [3.8, 4) is 0 Å². The lowest BCUT2D eigenvalue weighted by molar-refractivity contribution is -0.133. The van der Waals surface area contributed by atoms with Crippen LogP contribution in [0.1, 0.15) is 11.1 Å². The van der Waals surface area contributed by atoms with E-state index in [1.165, 1.54) is 0 Å². The average molecular weight is 285 g/mol. The first kappa shape index (κ1) is 14.1. The molecule has 0 bridgehead atoms. The molecular formula is C12H13F2N3O3. The van der Waals surface area contributed by atoms with Gasteiger partial charge in [0.15, 0.2) is 17.3 Å². The van der Waals surface area contributed by atoms with Gasteiger partial charge in [-0.05, 0) is 23.3 Å². The van der Waals surface area contributed by atoms with Crippen LogP contribution in [-0.2, 0) is 22.4 Å². The van der Waals surface area contributed by atoms with E-state index in [0.29, 0.717) is 24.0 Å². The predicted molar refractivity (Wildman–Crippen MR) is 64.8 cm³/mol. The van der Waals surface area contributed by atoms with Crippen molar-refractivity contribution in [2.45, 2.75) is 18.9 Å². The van der Waals surface area contributed by atoms with E-state index in [0.717, 1.165) is 12.1 Å². The number of nitrogens with one attached hydrogen (secondary N) is 1. The number of carboxylic acid groups (broad SMARTS) is 1. The van der Waals surface area contributed by atoms with E-state index < -0.39 is 29.4 Å². The van der Waals surface area contributed by atoms with Gasteiger partial charge in [0.1, 0.15) is 6.10 Å². The van der Waals surface area contributed by atoms with Crippen LogP contribution in [0.3, 0.4) is 0 Å². The highest BCUT2D eigenvalue weighted by atomic mass is 19.2. The van der Waals surface area contributed by atoms with Gasteiger partial charge in [-0.3, -0.25) is 5.84 Å². The summed E-state index contributed by atoms with van der Waals surface area (Å²) >= 11 is 0. The number of ether oxygens (including phenoxy) is 1. The van der Waals surface area contributed by atoms with Crippen LogP contribution in [-0.4, -0.2) is 17.2 Å². The summed E-state index contributed by atoms with van der Waals surface area (Å²) in [5, 5.41) is 8.80. The Morgan fingerprint density at radius 3 is 2.20 bits per heavy atom. The van der Waals surface area contributed by atoms with E-state index in [1.807, 2.05) is 5.43 Å². The molecule has 20 heavy (non-hydrogen) atoms. The zero-order chi connectivity index (χ0) is 14.9. The molecule has 0 radical (unpaired) electrons. The maximum Gasteiger partial charge on any atom is 0.358 e. The zero-order valence-corrected chi connectivity index (χ0v) is 10.3. The van der Waals surface area contributed by atoms with Gasteiger partial charge in [0.05, 0.1) is 0 Å². The molecule has 0 unspecified atom stereocenters. The summed E-state index contributed by atoms with van der Waals surface area (Å²) < 4.78 is 31.5. The van der Waals surface area contributed by atoms with Crippen molar-refractivity contribution in [1.82, 2.24) is 5.43 Å². The molecule has 0 amide bonds. The van der Waals surface area contributed by atoms with Crippen LogP contribution in [0.25, 0.3) is 0 Å². The van der Waals surface area contributed by atoms with Gasteiger partial charge in [-0.25, -0.2) is 13.6 Å². The molecule has 2 rings (SSSR count). The second-order valence-electron chi connectivity index (χ2n) is 4.37. The van der Waals surface area contributed by atoms with Crippen molar-refractivity contribution in [2.75, 3.05) is 0 Å². The van der Waals surface area contributed by atoms with Gasteiger partial charge in [-0.15, -0.1) is 0 Å². The second-order valence-corrected chi connectivity index (χ2v) is 4.37. The highest BCUT2D eigenvalue weighted by Gasteiger charge is 2.26. The Labute approximate surface area is 113 Å². The number of fused-ring (bicyclic) bond motifs is 1. The lowest BCUT2D eigenvalue weighted by atomic mass is 10.1. The van der Waals surface area contributed by atoms with E-state index in [9.17, 15) is 13.6 Å². The van der Waals surface area contributed by atoms with Crippen LogP contribution in [0.4, 0.5) is 8.78 Å². The van der Waals surface area contributed by atoms with Crippen molar-refractivity contribution in [3.63, 3.8) is 0 Å². The molecule has 0 spiro atoms. The molecular weight excluding hydrogens is 272 g/mol. The second kappa shape index (κ2) is 5.33. The van der Waals surface area contributed by atoms with Crippen LogP contribution in [0, 0.1) is 11.6 Å². The minimum atomic E-state index is -1.36. The standard InChI is InChI=1S/C12H13F2N3O3/c13-8-3-5-1-7(2-6(5)4-9(8)14)20-11(15)10(17-16)12(18)19/h3-4,7,17H,1-2,15-16H2,(H,18,19)/b11-10+.